The largest absolute Gasteiger partial charge is 0.486 e. The van der Waals surface area contributed by atoms with Crippen molar-refractivity contribution in [2.24, 2.45) is 5.73 Å². The highest BCUT2D eigenvalue weighted by Gasteiger charge is 2.11. The van der Waals surface area contributed by atoms with Crippen LogP contribution in [0.1, 0.15) is 22.7 Å². The highest BCUT2D eigenvalue weighted by molar-refractivity contribution is 5.86. The van der Waals surface area contributed by atoms with Gasteiger partial charge in [-0.2, -0.15) is 0 Å². The molecule has 0 spiro atoms. The van der Waals surface area contributed by atoms with Crippen molar-refractivity contribution in [2.45, 2.75) is 13.0 Å². The number of carbonyl (C=O) groups is 1. The van der Waals surface area contributed by atoms with Crippen LogP contribution < -0.4 is 15.8 Å². The molecule has 3 N–H and O–H groups in total. The molecule has 0 atom stereocenters. The Bertz CT molecular complexity index is 610. The third-order valence-electron chi connectivity index (χ3n) is 2.97. The first-order chi connectivity index (χ1) is 10.7. The SMILES string of the molecule is COC(=O)c1ccc(COc2cccc(NCCCN)c2)o1. The van der Waals surface area contributed by atoms with Crippen LogP contribution in [0.2, 0.25) is 0 Å². The van der Waals surface area contributed by atoms with Gasteiger partial charge >= 0.3 is 5.97 Å². The van der Waals surface area contributed by atoms with Crippen LogP contribution in [0.15, 0.2) is 40.8 Å². The lowest BCUT2D eigenvalue weighted by molar-refractivity contribution is 0.0561. The molecule has 1 heterocycles. The maximum atomic E-state index is 11.3. The molecule has 118 valence electrons. The van der Waals surface area contributed by atoms with Gasteiger partial charge < -0.3 is 24.9 Å². The fraction of sp³-hybridized carbons (Fsp3) is 0.312. The van der Waals surface area contributed by atoms with E-state index in [1.54, 1.807) is 12.1 Å². The van der Waals surface area contributed by atoms with Gasteiger partial charge in [0.05, 0.1) is 7.11 Å². The Balaban J connectivity index is 1.89. The molecule has 0 radical (unpaired) electrons. The van der Waals surface area contributed by atoms with Crippen LogP contribution in [0, 0.1) is 0 Å². The minimum atomic E-state index is -0.502. The van der Waals surface area contributed by atoms with Gasteiger partial charge in [-0.05, 0) is 37.2 Å². The minimum Gasteiger partial charge on any atom is -0.486 e. The number of rotatable bonds is 8. The molecule has 0 saturated heterocycles. The molecule has 6 heteroatoms. The van der Waals surface area contributed by atoms with Gasteiger partial charge in [0.1, 0.15) is 18.1 Å². The van der Waals surface area contributed by atoms with E-state index < -0.39 is 5.97 Å². The Morgan fingerprint density at radius 3 is 2.95 bits per heavy atom. The summed E-state index contributed by atoms with van der Waals surface area (Å²) >= 11 is 0. The van der Waals surface area contributed by atoms with E-state index in [1.807, 2.05) is 24.3 Å². The molecule has 1 aromatic heterocycles. The average molecular weight is 304 g/mol. The number of nitrogens with one attached hydrogen (secondary N) is 1. The Hall–Kier alpha value is -2.47. The third-order valence-corrected chi connectivity index (χ3v) is 2.97. The smallest absolute Gasteiger partial charge is 0.373 e. The molecule has 0 fully saturated rings. The van der Waals surface area contributed by atoms with Crippen molar-refractivity contribution in [3.05, 3.63) is 47.9 Å². The summed E-state index contributed by atoms with van der Waals surface area (Å²) < 4.78 is 15.6. The lowest BCUT2D eigenvalue weighted by Gasteiger charge is -2.08. The number of anilines is 1. The molecule has 0 aliphatic heterocycles. The topological polar surface area (TPSA) is 86.7 Å². The van der Waals surface area contributed by atoms with Gasteiger partial charge in [0, 0.05) is 18.3 Å². The number of hydrogen-bond acceptors (Lipinski definition) is 6. The zero-order chi connectivity index (χ0) is 15.8. The van der Waals surface area contributed by atoms with Gasteiger partial charge in [-0.25, -0.2) is 4.79 Å². The highest BCUT2D eigenvalue weighted by Crippen LogP contribution is 2.19. The summed E-state index contributed by atoms with van der Waals surface area (Å²) in [5.41, 5.74) is 6.43. The number of hydrogen-bond donors (Lipinski definition) is 2. The van der Waals surface area contributed by atoms with Crippen LogP contribution in [0.25, 0.3) is 0 Å². The van der Waals surface area contributed by atoms with Crippen LogP contribution in [0.3, 0.4) is 0 Å². The summed E-state index contributed by atoms with van der Waals surface area (Å²) in [5.74, 6) is 0.936. The van der Waals surface area contributed by atoms with E-state index in [4.69, 9.17) is 14.9 Å². The van der Waals surface area contributed by atoms with Crippen molar-refractivity contribution in [3.63, 3.8) is 0 Å². The number of ether oxygens (including phenoxy) is 2. The molecule has 6 nitrogen and oxygen atoms in total. The van der Waals surface area contributed by atoms with Crippen molar-refractivity contribution >= 4 is 11.7 Å². The summed E-state index contributed by atoms with van der Waals surface area (Å²) in [6, 6.07) is 10.9. The first-order valence-corrected chi connectivity index (χ1v) is 7.06. The lowest BCUT2D eigenvalue weighted by Crippen LogP contribution is -2.08. The molecule has 0 saturated carbocycles. The van der Waals surface area contributed by atoms with E-state index >= 15 is 0 Å². The summed E-state index contributed by atoms with van der Waals surface area (Å²) in [6.45, 7) is 1.72. The molecule has 0 unspecified atom stereocenters. The Morgan fingerprint density at radius 2 is 2.18 bits per heavy atom. The Morgan fingerprint density at radius 1 is 1.32 bits per heavy atom. The second-order valence-corrected chi connectivity index (χ2v) is 4.64. The second kappa shape index (κ2) is 8.09. The molecular weight excluding hydrogens is 284 g/mol. The number of carbonyl (C=O) groups excluding carboxylic acids is 1. The summed E-state index contributed by atoms with van der Waals surface area (Å²) in [4.78, 5) is 11.3. The maximum Gasteiger partial charge on any atom is 0.373 e. The van der Waals surface area contributed by atoms with Gasteiger partial charge in [-0.3, -0.25) is 0 Å². The van der Waals surface area contributed by atoms with Crippen LogP contribution in [0.4, 0.5) is 5.69 Å². The predicted octanol–water partition coefficient (Wildman–Crippen LogP) is 2.41. The van der Waals surface area contributed by atoms with E-state index in [2.05, 4.69) is 10.1 Å². The van der Waals surface area contributed by atoms with Crippen LogP contribution in [-0.4, -0.2) is 26.2 Å². The molecule has 0 aliphatic carbocycles. The number of nitrogens with two attached hydrogens (primary N) is 1. The van der Waals surface area contributed by atoms with E-state index in [0.29, 0.717) is 18.1 Å². The lowest BCUT2D eigenvalue weighted by atomic mass is 10.3. The van der Waals surface area contributed by atoms with E-state index in [1.165, 1.54) is 7.11 Å². The summed E-state index contributed by atoms with van der Waals surface area (Å²) in [5, 5.41) is 3.27. The average Bonchev–Trinajstić information content (AvgIpc) is 3.02. The van der Waals surface area contributed by atoms with E-state index in [-0.39, 0.29) is 12.4 Å². The number of furan rings is 1. The monoisotopic (exact) mass is 304 g/mol. The first kappa shape index (κ1) is 15.9. The predicted molar refractivity (Wildman–Crippen MR) is 83.0 cm³/mol. The molecule has 2 rings (SSSR count). The van der Waals surface area contributed by atoms with Crippen LogP contribution >= 0.6 is 0 Å². The van der Waals surface area contributed by atoms with Gasteiger partial charge in [0.25, 0.3) is 0 Å². The zero-order valence-corrected chi connectivity index (χ0v) is 12.5. The van der Waals surface area contributed by atoms with Crippen molar-refractivity contribution in [2.75, 3.05) is 25.5 Å². The molecule has 0 amide bonds. The summed E-state index contributed by atoms with van der Waals surface area (Å²) in [7, 11) is 1.31. The van der Waals surface area contributed by atoms with Crippen LogP contribution in [0.5, 0.6) is 5.75 Å². The molecule has 1 aromatic carbocycles. The first-order valence-electron chi connectivity index (χ1n) is 7.06. The van der Waals surface area contributed by atoms with Crippen molar-refractivity contribution in [1.82, 2.24) is 0 Å². The second-order valence-electron chi connectivity index (χ2n) is 4.64. The number of benzene rings is 1. The molecule has 22 heavy (non-hydrogen) atoms. The standard InChI is InChI=1S/C16H20N2O4/c1-20-16(19)15-7-6-14(22-15)11-21-13-5-2-4-12(10-13)18-9-3-8-17/h2,4-7,10,18H,3,8-9,11,17H2,1H3. The zero-order valence-electron chi connectivity index (χ0n) is 12.5. The fourth-order valence-electron chi connectivity index (χ4n) is 1.85. The quantitative estimate of drug-likeness (QED) is 0.575. The van der Waals surface area contributed by atoms with Crippen molar-refractivity contribution in [1.29, 1.82) is 0 Å². The minimum absolute atomic E-state index is 0.165. The van der Waals surface area contributed by atoms with Gasteiger partial charge in [-0.1, -0.05) is 6.07 Å². The highest BCUT2D eigenvalue weighted by atomic mass is 16.5. The number of esters is 1. The normalized spacial score (nSPS) is 10.3. The van der Waals surface area contributed by atoms with Gasteiger partial charge in [0.15, 0.2) is 0 Å². The number of methoxy groups -OCH3 is 1. The van der Waals surface area contributed by atoms with Crippen molar-refractivity contribution in [3.8, 4) is 5.75 Å². The summed E-state index contributed by atoms with van der Waals surface area (Å²) in [6.07, 6.45) is 0.911. The molecule has 0 bridgehead atoms. The van der Waals surface area contributed by atoms with Crippen molar-refractivity contribution < 1.29 is 18.7 Å². The van der Waals surface area contributed by atoms with Gasteiger partial charge in [0.2, 0.25) is 5.76 Å². The Kier molecular flexibility index (Phi) is 5.85. The van der Waals surface area contributed by atoms with E-state index in [0.717, 1.165) is 18.7 Å². The molecule has 0 aliphatic rings. The molecule has 2 aromatic rings. The fourth-order valence-corrected chi connectivity index (χ4v) is 1.85. The maximum absolute atomic E-state index is 11.3. The Labute approximate surface area is 129 Å². The van der Waals surface area contributed by atoms with Crippen LogP contribution in [-0.2, 0) is 11.3 Å². The van der Waals surface area contributed by atoms with E-state index in [9.17, 15) is 4.79 Å². The third kappa shape index (κ3) is 4.53. The molecular formula is C16H20N2O4. The van der Waals surface area contributed by atoms with Gasteiger partial charge in [-0.15, -0.1) is 0 Å².